The van der Waals surface area contributed by atoms with Gasteiger partial charge in [0.05, 0.1) is 11.5 Å². The Bertz CT molecular complexity index is 283. The number of amides is 1. The summed E-state index contributed by atoms with van der Waals surface area (Å²) in [5.74, 6) is -0.161. The minimum Gasteiger partial charge on any atom is -0.274 e. The molecule has 1 N–H and O–H groups in total. The Hall–Kier alpha value is -0.870. The Kier molecular flexibility index (Phi) is 3.92. The third-order valence-electron chi connectivity index (χ3n) is 1.54. The molecule has 1 amide bonds. The highest BCUT2D eigenvalue weighted by Gasteiger charge is 2.07. The summed E-state index contributed by atoms with van der Waals surface area (Å²) in [5.41, 5.74) is 2.36. The number of hydrogen-bond donors (Lipinski definition) is 1. The molecule has 0 saturated heterocycles. The van der Waals surface area contributed by atoms with E-state index in [1.54, 1.807) is 0 Å². The number of thiophene rings is 1. The fraction of sp³-hybridized carbons (Fsp3) is 0.444. The normalized spacial score (nSPS) is 10.0. The second-order valence-electron chi connectivity index (χ2n) is 2.48. The lowest BCUT2D eigenvalue weighted by atomic mass is 10.3. The third-order valence-corrected chi connectivity index (χ3v) is 2.77. The lowest BCUT2D eigenvalue weighted by Crippen LogP contribution is -2.22. The fourth-order valence-electron chi connectivity index (χ4n) is 0.878. The number of carbonyl (C=O) groups is 1. The molecule has 0 aliphatic carbocycles. The van der Waals surface area contributed by atoms with Gasteiger partial charge in [0.1, 0.15) is 0 Å². The van der Waals surface area contributed by atoms with Gasteiger partial charge in [-0.25, -0.2) is 5.48 Å². The number of nitrogens with one attached hydrogen (secondary N) is 1. The SMILES string of the molecule is CCONC(=O)c1ccc(CC)s1. The van der Waals surface area contributed by atoms with E-state index in [-0.39, 0.29) is 5.91 Å². The van der Waals surface area contributed by atoms with Crippen LogP contribution in [0.1, 0.15) is 28.4 Å². The molecule has 13 heavy (non-hydrogen) atoms. The molecule has 0 bridgehead atoms. The third kappa shape index (κ3) is 2.82. The average molecular weight is 199 g/mol. The molecule has 1 rings (SSSR count). The Morgan fingerprint density at radius 1 is 1.54 bits per heavy atom. The van der Waals surface area contributed by atoms with Crippen LogP contribution in [-0.2, 0) is 11.3 Å². The zero-order chi connectivity index (χ0) is 9.68. The van der Waals surface area contributed by atoms with Gasteiger partial charge in [0.15, 0.2) is 0 Å². The molecule has 1 aromatic heterocycles. The van der Waals surface area contributed by atoms with Crippen LogP contribution in [0.2, 0.25) is 0 Å². The lowest BCUT2D eigenvalue weighted by molar-refractivity contribution is 0.0368. The maximum Gasteiger partial charge on any atom is 0.284 e. The van der Waals surface area contributed by atoms with E-state index in [4.69, 9.17) is 4.84 Å². The van der Waals surface area contributed by atoms with Crippen molar-refractivity contribution in [3.8, 4) is 0 Å². The van der Waals surface area contributed by atoms with Gasteiger partial charge in [-0.3, -0.25) is 9.63 Å². The predicted molar refractivity (Wildman–Crippen MR) is 52.8 cm³/mol. The number of rotatable bonds is 4. The van der Waals surface area contributed by atoms with Crippen LogP contribution < -0.4 is 5.48 Å². The zero-order valence-corrected chi connectivity index (χ0v) is 8.61. The molecule has 3 nitrogen and oxygen atoms in total. The van der Waals surface area contributed by atoms with Crippen molar-refractivity contribution < 1.29 is 9.63 Å². The van der Waals surface area contributed by atoms with Crippen LogP contribution in [0.3, 0.4) is 0 Å². The summed E-state index contributed by atoms with van der Waals surface area (Å²) in [4.78, 5) is 18.0. The van der Waals surface area contributed by atoms with Gasteiger partial charge in [-0.05, 0) is 25.5 Å². The van der Waals surface area contributed by atoms with Gasteiger partial charge in [-0.15, -0.1) is 11.3 Å². The van der Waals surface area contributed by atoms with Crippen molar-refractivity contribution in [2.24, 2.45) is 0 Å². The standard InChI is InChI=1S/C9H13NO2S/c1-3-7-5-6-8(13-7)9(11)10-12-4-2/h5-6H,3-4H2,1-2H3,(H,10,11). The minimum atomic E-state index is -0.161. The van der Waals surface area contributed by atoms with Gasteiger partial charge in [0.25, 0.3) is 5.91 Å². The number of aryl methyl sites for hydroxylation is 1. The topological polar surface area (TPSA) is 38.3 Å². The van der Waals surface area contributed by atoms with Crippen LogP contribution in [0.15, 0.2) is 12.1 Å². The molecule has 0 radical (unpaired) electrons. The Morgan fingerprint density at radius 3 is 2.85 bits per heavy atom. The monoisotopic (exact) mass is 199 g/mol. The van der Waals surface area contributed by atoms with Crippen molar-refractivity contribution in [3.63, 3.8) is 0 Å². The van der Waals surface area contributed by atoms with Gasteiger partial charge >= 0.3 is 0 Å². The molecule has 0 unspecified atom stereocenters. The van der Waals surface area contributed by atoms with Crippen molar-refractivity contribution in [2.45, 2.75) is 20.3 Å². The zero-order valence-electron chi connectivity index (χ0n) is 7.79. The van der Waals surface area contributed by atoms with Crippen LogP contribution in [0.4, 0.5) is 0 Å². The number of hydrogen-bond acceptors (Lipinski definition) is 3. The number of hydroxylamine groups is 1. The highest BCUT2D eigenvalue weighted by Crippen LogP contribution is 2.16. The van der Waals surface area contributed by atoms with E-state index in [0.29, 0.717) is 11.5 Å². The molecule has 4 heteroatoms. The number of carbonyl (C=O) groups excluding carboxylic acids is 1. The van der Waals surface area contributed by atoms with Gasteiger partial charge in [-0.2, -0.15) is 0 Å². The first-order valence-corrected chi connectivity index (χ1v) is 5.10. The van der Waals surface area contributed by atoms with Crippen LogP contribution in [-0.4, -0.2) is 12.5 Å². The summed E-state index contributed by atoms with van der Waals surface area (Å²) in [6.07, 6.45) is 0.965. The first-order valence-electron chi connectivity index (χ1n) is 4.28. The summed E-state index contributed by atoms with van der Waals surface area (Å²) in [6.45, 7) is 4.37. The second kappa shape index (κ2) is 4.99. The summed E-state index contributed by atoms with van der Waals surface area (Å²) >= 11 is 1.50. The van der Waals surface area contributed by atoms with Crippen LogP contribution in [0, 0.1) is 0 Å². The van der Waals surface area contributed by atoms with Crippen molar-refractivity contribution in [1.29, 1.82) is 0 Å². The highest BCUT2D eigenvalue weighted by atomic mass is 32.1. The van der Waals surface area contributed by atoms with E-state index >= 15 is 0 Å². The molecule has 1 heterocycles. The predicted octanol–water partition coefficient (Wildman–Crippen LogP) is 1.99. The smallest absolute Gasteiger partial charge is 0.274 e. The molecule has 0 fully saturated rings. The average Bonchev–Trinajstić information content (AvgIpc) is 2.62. The summed E-state index contributed by atoms with van der Waals surface area (Å²) in [6, 6.07) is 3.78. The van der Waals surface area contributed by atoms with Crippen molar-refractivity contribution in [1.82, 2.24) is 5.48 Å². The second-order valence-corrected chi connectivity index (χ2v) is 3.65. The fourth-order valence-corrected chi connectivity index (χ4v) is 1.71. The van der Waals surface area contributed by atoms with Crippen molar-refractivity contribution in [3.05, 3.63) is 21.9 Å². The van der Waals surface area contributed by atoms with E-state index in [0.717, 1.165) is 6.42 Å². The van der Waals surface area contributed by atoms with Crippen molar-refractivity contribution >= 4 is 17.2 Å². The van der Waals surface area contributed by atoms with Gasteiger partial charge in [0.2, 0.25) is 0 Å². The van der Waals surface area contributed by atoms with Crippen molar-refractivity contribution in [2.75, 3.05) is 6.61 Å². The first kappa shape index (κ1) is 10.2. The van der Waals surface area contributed by atoms with Crippen LogP contribution in [0.25, 0.3) is 0 Å². The van der Waals surface area contributed by atoms with E-state index in [1.807, 2.05) is 19.1 Å². The maximum absolute atomic E-state index is 11.3. The van der Waals surface area contributed by atoms with Gasteiger partial charge in [-0.1, -0.05) is 6.92 Å². The van der Waals surface area contributed by atoms with Gasteiger partial charge < -0.3 is 0 Å². The molecule has 0 spiro atoms. The summed E-state index contributed by atoms with van der Waals surface area (Å²) in [5, 5.41) is 0. The summed E-state index contributed by atoms with van der Waals surface area (Å²) in [7, 11) is 0. The largest absolute Gasteiger partial charge is 0.284 e. The molecular weight excluding hydrogens is 186 g/mol. The molecular formula is C9H13NO2S. The molecule has 1 aromatic rings. The molecule has 72 valence electrons. The van der Waals surface area contributed by atoms with Crippen LogP contribution >= 0.6 is 11.3 Å². The molecule has 0 saturated carbocycles. The van der Waals surface area contributed by atoms with E-state index in [9.17, 15) is 4.79 Å². The quantitative estimate of drug-likeness (QED) is 0.753. The Labute approximate surface area is 81.7 Å². The van der Waals surface area contributed by atoms with E-state index < -0.39 is 0 Å². The molecule has 0 aromatic carbocycles. The molecule has 0 aliphatic rings. The minimum absolute atomic E-state index is 0.161. The van der Waals surface area contributed by atoms with Gasteiger partial charge in [0, 0.05) is 4.88 Å². The first-order chi connectivity index (χ1) is 6.27. The summed E-state index contributed by atoms with van der Waals surface area (Å²) < 4.78 is 0. The van der Waals surface area contributed by atoms with Crippen LogP contribution in [0.5, 0.6) is 0 Å². The molecule has 0 aliphatic heterocycles. The van der Waals surface area contributed by atoms with E-state index in [2.05, 4.69) is 12.4 Å². The Morgan fingerprint density at radius 2 is 2.31 bits per heavy atom. The maximum atomic E-state index is 11.3. The Balaban J connectivity index is 2.55. The lowest BCUT2D eigenvalue weighted by Gasteiger charge is -1.99. The molecule has 0 atom stereocenters. The highest BCUT2D eigenvalue weighted by molar-refractivity contribution is 7.14. The van der Waals surface area contributed by atoms with E-state index in [1.165, 1.54) is 16.2 Å².